The van der Waals surface area contributed by atoms with Gasteiger partial charge in [0.2, 0.25) is 11.8 Å². The van der Waals surface area contributed by atoms with Crippen LogP contribution in [0.25, 0.3) is 0 Å². The number of fused-ring (bicyclic) bond motifs is 2. The van der Waals surface area contributed by atoms with Crippen LogP contribution in [0.3, 0.4) is 0 Å². The Bertz CT molecular complexity index is 1210. The fourth-order valence-corrected chi connectivity index (χ4v) is 8.92. The summed E-state index contributed by atoms with van der Waals surface area (Å²) in [5.74, 6) is 2.11. The van der Waals surface area contributed by atoms with Crippen molar-refractivity contribution in [3.05, 3.63) is 32.9 Å². The van der Waals surface area contributed by atoms with Crippen molar-refractivity contribution >= 4 is 34.4 Å². The number of ether oxygens (including phenoxy) is 2. The van der Waals surface area contributed by atoms with Gasteiger partial charge >= 0.3 is 0 Å². The lowest BCUT2D eigenvalue weighted by molar-refractivity contribution is -0.151. The molecule has 4 fully saturated rings. The Balaban J connectivity index is 1.49. The molecular formula is C33H47IN2O7. The van der Waals surface area contributed by atoms with Gasteiger partial charge in [0.1, 0.15) is 12.2 Å². The number of aliphatic hydroxyl groups excluding tert-OH is 3. The van der Waals surface area contributed by atoms with Gasteiger partial charge in [-0.3, -0.25) is 9.59 Å². The van der Waals surface area contributed by atoms with E-state index in [1.54, 1.807) is 18.2 Å². The van der Waals surface area contributed by atoms with Crippen molar-refractivity contribution in [1.82, 2.24) is 10.2 Å². The highest BCUT2D eigenvalue weighted by molar-refractivity contribution is 14.1. The maximum atomic E-state index is 14.3. The normalized spacial score (nSPS) is 29.8. The SMILES string of the molecule is COc1cc(CO)cc(I)c1OC1C=C(C(=O)NCCO)CC(N(CC2CCC3CC2C3(C)C)C(=O)C2CCCC2)C1O. The topological polar surface area (TPSA) is 129 Å². The smallest absolute Gasteiger partial charge is 0.247 e. The molecule has 5 aliphatic carbocycles. The van der Waals surface area contributed by atoms with E-state index in [9.17, 15) is 24.9 Å². The molecular weight excluding hydrogens is 663 g/mol. The van der Waals surface area contributed by atoms with Crippen LogP contribution in [0.1, 0.15) is 70.8 Å². The quantitative estimate of drug-likeness (QED) is 0.258. The number of amides is 2. The summed E-state index contributed by atoms with van der Waals surface area (Å²) in [7, 11) is 1.52. The number of benzene rings is 1. The highest BCUT2D eigenvalue weighted by atomic mass is 127. The number of aliphatic hydroxyl groups is 3. The van der Waals surface area contributed by atoms with Crippen molar-refractivity contribution < 1.29 is 34.4 Å². The lowest BCUT2D eigenvalue weighted by Crippen LogP contribution is -2.60. The van der Waals surface area contributed by atoms with E-state index in [0.29, 0.717) is 44.6 Å². The van der Waals surface area contributed by atoms with Crippen molar-refractivity contribution in [3.8, 4) is 11.5 Å². The van der Waals surface area contributed by atoms with Crippen LogP contribution in [0.4, 0.5) is 0 Å². The average molecular weight is 711 g/mol. The first-order chi connectivity index (χ1) is 20.6. The summed E-state index contributed by atoms with van der Waals surface area (Å²) >= 11 is 2.11. The van der Waals surface area contributed by atoms with E-state index in [-0.39, 0.29) is 49.3 Å². The van der Waals surface area contributed by atoms with Crippen LogP contribution in [0.15, 0.2) is 23.8 Å². The number of hydrogen-bond donors (Lipinski definition) is 4. The number of nitrogens with one attached hydrogen (secondary N) is 1. The standard InChI is InChI=1S/C33H47IN2O7/c1-33(2)23-9-8-21(24(33)16-23)17-36(32(41)20-6-4-5-7-20)26-14-22(31(40)35-10-11-37)15-27(29(26)39)43-30-25(34)12-19(18-38)13-28(30)42-3/h12-13,15,20-21,23-24,26-27,29,37-39H,4-11,14,16-18H2,1-3H3,(H,35,40). The summed E-state index contributed by atoms with van der Waals surface area (Å²) in [4.78, 5) is 29.5. The number of rotatable bonds is 11. The number of nitrogens with zero attached hydrogens (tertiary/aromatic N) is 1. The molecule has 0 saturated heterocycles. The largest absolute Gasteiger partial charge is 0.493 e. The van der Waals surface area contributed by atoms with Crippen molar-refractivity contribution in [2.24, 2.45) is 29.1 Å². The van der Waals surface area contributed by atoms with E-state index in [1.165, 1.54) is 13.5 Å². The van der Waals surface area contributed by atoms with Crippen molar-refractivity contribution in [2.45, 2.75) is 90.1 Å². The zero-order valence-corrected chi connectivity index (χ0v) is 27.7. The molecule has 6 unspecified atom stereocenters. The molecule has 0 radical (unpaired) electrons. The highest BCUT2D eigenvalue weighted by Crippen LogP contribution is 2.61. The predicted octanol–water partition coefficient (Wildman–Crippen LogP) is 3.80. The summed E-state index contributed by atoms with van der Waals surface area (Å²) in [5, 5.41) is 33.7. The Hall–Kier alpha value is -1.89. The molecule has 6 atom stereocenters. The van der Waals surface area contributed by atoms with Gasteiger partial charge < -0.3 is 35.0 Å². The molecule has 0 heterocycles. The van der Waals surface area contributed by atoms with Crippen LogP contribution in [-0.2, 0) is 16.2 Å². The van der Waals surface area contributed by atoms with Gasteiger partial charge in [-0.1, -0.05) is 26.7 Å². The van der Waals surface area contributed by atoms with Gasteiger partial charge in [0.25, 0.3) is 0 Å². The Kier molecular flexibility index (Phi) is 10.3. The maximum absolute atomic E-state index is 14.3. The molecule has 6 rings (SSSR count). The third kappa shape index (κ3) is 6.58. The van der Waals surface area contributed by atoms with Crippen LogP contribution in [-0.4, -0.2) is 77.1 Å². The van der Waals surface area contributed by atoms with Crippen molar-refractivity contribution in [3.63, 3.8) is 0 Å². The lowest BCUT2D eigenvalue weighted by atomic mass is 9.45. The molecule has 2 bridgehead atoms. The predicted molar refractivity (Wildman–Crippen MR) is 170 cm³/mol. The van der Waals surface area contributed by atoms with E-state index < -0.39 is 18.2 Å². The molecule has 0 aliphatic heterocycles. The summed E-state index contributed by atoms with van der Waals surface area (Å²) < 4.78 is 12.7. The summed E-state index contributed by atoms with van der Waals surface area (Å²) in [6.45, 7) is 5.03. The van der Waals surface area contributed by atoms with Crippen molar-refractivity contribution in [2.75, 3.05) is 26.8 Å². The number of carbonyl (C=O) groups excluding carboxylic acids is 2. The van der Waals surface area contributed by atoms with Crippen LogP contribution in [0.2, 0.25) is 0 Å². The van der Waals surface area contributed by atoms with Gasteiger partial charge in [-0.25, -0.2) is 0 Å². The number of methoxy groups -OCH3 is 1. The molecule has 43 heavy (non-hydrogen) atoms. The van der Waals surface area contributed by atoms with E-state index in [0.717, 1.165) is 44.4 Å². The second-order valence-corrected chi connectivity index (χ2v) is 14.6. The average Bonchev–Trinajstić information content (AvgIpc) is 3.55. The van der Waals surface area contributed by atoms with Crippen LogP contribution in [0, 0.1) is 32.7 Å². The molecule has 4 saturated carbocycles. The second kappa shape index (κ2) is 13.6. The third-order valence-corrected chi connectivity index (χ3v) is 11.6. The minimum absolute atomic E-state index is 0.0676. The van der Waals surface area contributed by atoms with Gasteiger partial charge in [-0.2, -0.15) is 0 Å². The van der Waals surface area contributed by atoms with Crippen molar-refractivity contribution in [1.29, 1.82) is 0 Å². The number of carbonyl (C=O) groups is 2. The van der Waals surface area contributed by atoms with E-state index in [2.05, 4.69) is 41.8 Å². The Morgan fingerprint density at radius 2 is 1.88 bits per heavy atom. The number of hydrogen-bond acceptors (Lipinski definition) is 7. The summed E-state index contributed by atoms with van der Waals surface area (Å²) in [6.07, 6.45) is 7.03. The Morgan fingerprint density at radius 3 is 2.51 bits per heavy atom. The molecule has 2 amide bonds. The van der Waals surface area contributed by atoms with Crippen LogP contribution < -0.4 is 14.8 Å². The zero-order chi connectivity index (χ0) is 30.9. The first kappa shape index (κ1) is 32.5. The molecule has 238 valence electrons. The monoisotopic (exact) mass is 710 g/mol. The second-order valence-electron chi connectivity index (χ2n) is 13.5. The number of halogens is 1. The molecule has 1 aromatic carbocycles. The minimum Gasteiger partial charge on any atom is -0.493 e. The third-order valence-electron chi connectivity index (χ3n) is 10.8. The van der Waals surface area contributed by atoms with Crippen LogP contribution in [0.5, 0.6) is 11.5 Å². The fourth-order valence-electron chi connectivity index (χ4n) is 8.12. The Morgan fingerprint density at radius 1 is 1.14 bits per heavy atom. The van der Waals surface area contributed by atoms with E-state index in [4.69, 9.17) is 9.47 Å². The highest BCUT2D eigenvalue weighted by Gasteiger charge is 2.55. The zero-order valence-electron chi connectivity index (χ0n) is 25.6. The fraction of sp³-hybridized carbons (Fsp3) is 0.697. The summed E-state index contributed by atoms with van der Waals surface area (Å²) in [5.41, 5.74) is 1.34. The molecule has 9 nitrogen and oxygen atoms in total. The van der Waals surface area contributed by atoms with Gasteiger partial charge in [0.05, 0.1) is 29.9 Å². The lowest BCUT2D eigenvalue weighted by Gasteiger charge is -2.61. The van der Waals surface area contributed by atoms with Gasteiger partial charge in [-0.05, 0) is 102 Å². The van der Waals surface area contributed by atoms with Gasteiger partial charge in [0, 0.05) is 31.0 Å². The van der Waals surface area contributed by atoms with Crippen LogP contribution >= 0.6 is 22.6 Å². The van der Waals surface area contributed by atoms with E-state index in [1.807, 2.05) is 4.90 Å². The Labute approximate surface area is 268 Å². The molecule has 0 spiro atoms. The van der Waals surface area contributed by atoms with E-state index >= 15 is 0 Å². The molecule has 1 aromatic rings. The molecule has 10 heteroatoms. The summed E-state index contributed by atoms with van der Waals surface area (Å²) in [6, 6.07) is 2.84. The maximum Gasteiger partial charge on any atom is 0.247 e. The molecule has 0 aromatic heterocycles. The van der Waals surface area contributed by atoms with Gasteiger partial charge in [0.15, 0.2) is 11.5 Å². The molecule has 5 aliphatic rings. The molecule has 4 N–H and O–H groups in total. The minimum atomic E-state index is -1.08. The first-order valence-electron chi connectivity index (χ1n) is 15.8. The first-order valence-corrected chi connectivity index (χ1v) is 16.9. The van der Waals surface area contributed by atoms with Gasteiger partial charge in [-0.15, -0.1) is 0 Å².